The van der Waals surface area contributed by atoms with E-state index in [9.17, 15) is 4.39 Å². The van der Waals surface area contributed by atoms with E-state index in [1.807, 2.05) is 12.1 Å². The van der Waals surface area contributed by atoms with Crippen LogP contribution in [0.3, 0.4) is 0 Å². The molecule has 1 aromatic rings. The van der Waals surface area contributed by atoms with E-state index in [-0.39, 0.29) is 12.1 Å². The van der Waals surface area contributed by atoms with Gasteiger partial charge in [-0.1, -0.05) is 0 Å². The molecule has 21 heavy (non-hydrogen) atoms. The molecule has 116 valence electrons. The van der Waals surface area contributed by atoms with Gasteiger partial charge in [-0.15, -0.1) is 0 Å². The van der Waals surface area contributed by atoms with Crippen molar-refractivity contribution >= 4 is 5.69 Å². The Labute approximate surface area is 125 Å². The van der Waals surface area contributed by atoms with Crippen LogP contribution in [0, 0.1) is 5.82 Å². The van der Waals surface area contributed by atoms with Crippen LogP contribution < -0.4 is 4.90 Å². The van der Waals surface area contributed by atoms with Gasteiger partial charge >= 0.3 is 0 Å². The number of nitrogens with zero attached hydrogens (tertiary/aromatic N) is 2. The molecule has 0 saturated carbocycles. The first-order valence-electron chi connectivity index (χ1n) is 7.77. The molecule has 2 aliphatic rings. The summed E-state index contributed by atoms with van der Waals surface area (Å²) in [5.74, 6) is -0.174. The molecule has 1 aromatic carbocycles. The molecule has 0 spiro atoms. The summed E-state index contributed by atoms with van der Waals surface area (Å²) in [4.78, 5) is 4.80. The molecule has 0 N–H and O–H groups in total. The van der Waals surface area contributed by atoms with Crippen molar-refractivity contribution in [3.05, 3.63) is 30.1 Å². The molecule has 5 heteroatoms. The molecule has 3 rings (SSSR count). The standard InChI is InChI=1S/C16H23FN2O2/c17-14-2-4-15(5-3-14)19-8-1-7-18(10-11-19)9-6-16-20-12-13-21-16/h2-5,16H,1,6-13H2. The largest absolute Gasteiger partial charge is 0.370 e. The Morgan fingerprint density at radius 3 is 2.52 bits per heavy atom. The quantitative estimate of drug-likeness (QED) is 0.849. The zero-order valence-electron chi connectivity index (χ0n) is 12.3. The lowest BCUT2D eigenvalue weighted by Gasteiger charge is -2.24. The number of hydrogen-bond donors (Lipinski definition) is 0. The fraction of sp³-hybridized carbons (Fsp3) is 0.625. The molecular weight excluding hydrogens is 271 g/mol. The van der Waals surface area contributed by atoms with Gasteiger partial charge in [-0.25, -0.2) is 4.39 Å². The second kappa shape index (κ2) is 7.20. The zero-order valence-corrected chi connectivity index (χ0v) is 12.3. The van der Waals surface area contributed by atoms with Gasteiger partial charge in [0.1, 0.15) is 5.82 Å². The molecule has 0 aliphatic carbocycles. The van der Waals surface area contributed by atoms with Gasteiger partial charge in [0, 0.05) is 38.3 Å². The minimum Gasteiger partial charge on any atom is -0.370 e. The van der Waals surface area contributed by atoms with E-state index in [4.69, 9.17) is 9.47 Å². The first-order valence-corrected chi connectivity index (χ1v) is 7.77. The fourth-order valence-electron chi connectivity index (χ4n) is 2.97. The van der Waals surface area contributed by atoms with E-state index in [1.54, 1.807) is 0 Å². The van der Waals surface area contributed by atoms with E-state index in [0.29, 0.717) is 0 Å². The third-order valence-corrected chi connectivity index (χ3v) is 4.15. The number of halogens is 1. The van der Waals surface area contributed by atoms with Crippen molar-refractivity contribution in [2.45, 2.75) is 19.1 Å². The van der Waals surface area contributed by atoms with Crippen LogP contribution in [-0.4, -0.2) is 57.1 Å². The van der Waals surface area contributed by atoms with Gasteiger partial charge < -0.3 is 19.3 Å². The summed E-state index contributed by atoms with van der Waals surface area (Å²) in [6.07, 6.45) is 2.06. The predicted molar refractivity (Wildman–Crippen MR) is 80.0 cm³/mol. The summed E-state index contributed by atoms with van der Waals surface area (Å²) in [7, 11) is 0. The fourth-order valence-corrected chi connectivity index (χ4v) is 2.97. The minimum absolute atomic E-state index is 0.0125. The van der Waals surface area contributed by atoms with Gasteiger partial charge in [0.25, 0.3) is 0 Å². The van der Waals surface area contributed by atoms with Gasteiger partial charge in [-0.05, 0) is 37.2 Å². The Hall–Kier alpha value is -1.17. The monoisotopic (exact) mass is 294 g/mol. The molecule has 0 bridgehead atoms. The number of hydrogen-bond acceptors (Lipinski definition) is 4. The molecule has 0 amide bonds. The molecule has 2 aliphatic heterocycles. The molecule has 0 aromatic heterocycles. The molecule has 4 nitrogen and oxygen atoms in total. The van der Waals surface area contributed by atoms with E-state index >= 15 is 0 Å². The Kier molecular flexibility index (Phi) is 5.06. The maximum absolute atomic E-state index is 13.0. The predicted octanol–water partition coefficient (Wildman–Crippen LogP) is 2.10. The van der Waals surface area contributed by atoms with Crippen molar-refractivity contribution in [3.63, 3.8) is 0 Å². The lowest BCUT2D eigenvalue weighted by Crippen LogP contribution is -2.32. The van der Waals surface area contributed by atoms with Crippen LogP contribution in [0.1, 0.15) is 12.8 Å². The van der Waals surface area contributed by atoms with Gasteiger partial charge in [-0.3, -0.25) is 0 Å². The second-order valence-electron chi connectivity index (χ2n) is 5.62. The highest BCUT2D eigenvalue weighted by atomic mass is 19.1. The van der Waals surface area contributed by atoms with Gasteiger partial charge in [0.05, 0.1) is 13.2 Å². The minimum atomic E-state index is -0.174. The summed E-state index contributed by atoms with van der Waals surface area (Å²) < 4.78 is 24.0. The number of ether oxygens (including phenoxy) is 2. The topological polar surface area (TPSA) is 24.9 Å². The Morgan fingerprint density at radius 2 is 1.76 bits per heavy atom. The lowest BCUT2D eigenvalue weighted by molar-refractivity contribution is -0.0512. The lowest BCUT2D eigenvalue weighted by atomic mass is 10.2. The van der Waals surface area contributed by atoms with Crippen LogP contribution >= 0.6 is 0 Å². The number of benzene rings is 1. The van der Waals surface area contributed by atoms with Crippen molar-refractivity contribution in [1.29, 1.82) is 0 Å². The van der Waals surface area contributed by atoms with Crippen LogP contribution in [0.2, 0.25) is 0 Å². The first-order chi connectivity index (χ1) is 10.3. The van der Waals surface area contributed by atoms with E-state index in [0.717, 1.165) is 64.5 Å². The Balaban J connectivity index is 1.48. The average Bonchev–Trinajstić information content (AvgIpc) is 2.91. The summed E-state index contributed by atoms with van der Waals surface area (Å²) in [5.41, 5.74) is 1.11. The highest BCUT2D eigenvalue weighted by Crippen LogP contribution is 2.17. The van der Waals surface area contributed by atoms with Crippen molar-refractivity contribution in [2.75, 3.05) is 50.8 Å². The van der Waals surface area contributed by atoms with Crippen LogP contribution in [0.5, 0.6) is 0 Å². The number of rotatable bonds is 4. The smallest absolute Gasteiger partial charge is 0.159 e. The molecule has 2 fully saturated rings. The maximum Gasteiger partial charge on any atom is 0.159 e. The molecule has 0 radical (unpaired) electrons. The van der Waals surface area contributed by atoms with Crippen LogP contribution in [0.4, 0.5) is 10.1 Å². The summed E-state index contributed by atoms with van der Waals surface area (Å²) in [6, 6.07) is 6.80. The third-order valence-electron chi connectivity index (χ3n) is 4.15. The van der Waals surface area contributed by atoms with Crippen LogP contribution in [0.25, 0.3) is 0 Å². The highest BCUT2D eigenvalue weighted by Gasteiger charge is 2.19. The third kappa shape index (κ3) is 4.15. The first kappa shape index (κ1) is 14.8. The SMILES string of the molecule is Fc1ccc(N2CCCN(CCC3OCCO3)CC2)cc1. The van der Waals surface area contributed by atoms with Crippen molar-refractivity contribution in [1.82, 2.24) is 4.90 Å². The van der Waals surface area contributed by atoms with Gasteiger partial charge in [-0.2, -0.15) is 0 Å². The van der Waals surface area contributed by atoms with E-state index in [1.165, 1.54) is 12.1 Å². The van der Waals surface area contributed by atoms with Gasteiger partial charge in [0.15, 0.2) is 6.29 Å². The van der Waals surface area contributed by atoms with E-state index in [2.05, 4.69) is 9.80 Å². The number of anilines is 1. The molecule has 0 atom stereocenters. The Bertz CT molecular complexity index is 434. The summed E-state index contributed by atoms with van der Waals surface area (Å²) in [6.45, 7) is 6.61. The zero-order chi connectivity index (χ0) is 14.5. The molecular formula is C16H23FN2O2. The summed E-state index contributed by atoms with van der Waals surface area (Å²) >= 11 is 0. The van der Waals surface area contributed by atoms with Crippen molar-refractivity contribution in [3.8, 4) is 0 Å². The normalized spacial score (nSPS) is 21.7. The second-order valence-corrected chi connectivity index (χ2v) is 5.62. The summed E-state index contributed by atoms with van der Waals surface area (Å²) in [5, 5.41) is 0. The average molecular weight is 294 g/mol. The highest BCUT2D eigenvalue weighted by molar-refractivity contribution is 5.46. The molecule has 2 saturated heterocycles. The molecule has 2 heterocycles. The maximum atomic E-state index is 13.0. The Morgan fingerprint density at radius 1 is 1.00 bits per heavy atom. The van der Waals surface area contributed by atoms with Gasteiger partial charge in [0.2, 0.25) is 0 Å². The van der Waals surface area contributed by atoms with Crippen molar-refractivity contribution in [2.24, 2.45) is 0 Å². The van der Waals surface area contributed by atoms with Crippen LogP contribution in [0.15, 0.2) is 24.3 Å². The van der Waals surface area contributed by atoms with Crippen LogP contribution in [-0.2, 0) is 9.47 Å². The van der Waals surface area contributed by atoms with Crippen molar-refractivity contribution < 1.29 is 13.9 Å². The van der Waals surface area contributed by atoms with E-state index < -0.39 is 0 Å². The molecule has 0 unspecified atom stereocenters.